The van der Waals surface area contributed by atoms with Gasteiger partial charge in [-0.1, -0.05) is 6.92 Å². The molecule has 5 heteroatoms. The van der Waals surface area contributed by atoms with Gasteiger partial charge in [0.05, 0.1) is 0 Å². The predicted molar refractivity (Wildman–Crippen MR) is 77.7 cm³/mol. The molecule has 1 atom stereocenters. The number of aromatic amines is 1. The van der Waals surface area contributed by atoms with Gasteiger partial charge in [0.1, 0.15) is 11.6 Å². The van der Waals surface area contributed by atoms with Crippen LogP contribution >= 0.6 is 0 Å². The molecule has 0 spiro atoms. The molecular weight excluding hydrogens is 240 g/mol. The van der Waals surface area contributed by atoms with E-state index in [1.807, 2.05) is 6.92 Å². The maximum atomic E-state index is 11.6. The number of H-pyrrole nitrogens is 1. The minimum atomic E-state index is -0.0536. The maximum absolute atomic E-state index is 11.6. The van der Waals surface area contributed by atoms with Crippen molar-refractivity contribution in [2.24, 2.45) is 5.92 Å². The molecule has 2 N–H and O–H groups in total. The second kappa shape index (κ2) is 6.70. The normalized spacial score (nSPS) is 19.4. The van der Waals surface area contributed by atoms with Crippen molar-refractivity contribution in [2.45, 2.75) is 33.1 Å². The number of aromatic nitrogens is 2. The fourth-order valence-corrected chi connectivity index (χ4v) is 2.60. The zero-order valence-corrected chi connectivity index (χ0v) is 11.9. The Bertz CT molecular complexity index is 451. The van der Waals surface area contributed by atoms with E-state index in [1.165, 1.54) is 12.8 Å². The van der Waals surface area contributed by atoms with Crippen LogP contribution < -0.4 is 15.8 Å². The van der Waals surface area contributed by atoms with Gasteiger partial charge in [0.15, 0.2) is 0 Å². The van der Waals surface area contributed by atoms with Gasteiger partial charge in [-0.25, -0.2) is 4.98 Å². The number of aryl methyl sites for hydroxylation is 1. The van der Waals surface area contributed by atoms with Gasteiger partial charge < -0.3 is 15.2 Å². The highest BCUT2D eigenvalue weighted by Gasteiger charge is 2.17. The fourth-order valence-electron chi connectivity index (χ4n) is 2.60. The summed E-state index contributed by atoms with van der Waals surface area (Å²) in [6, 6.07) is 1.61. The summed E-state index contributed by atoms with van der Waals surface area (Å²) in [4.78, 5) is 21.2. The standard InChI is InChI=1S/C14H24N4O/c1-3-12-16-13(8-14(19)17-12)18(4-2)10-11-6-5-7-15-9-11/h8,11,15H,3-7,9-10H2,1-2H3,(H,16,17,19). The van der Waals surface area contributed by atoms with Crippen LogP contribution in [-0.2, 0) is 6.42 Å². The van der Waals surface area contributed by atoms with Crippen molar-refractivity contribution in [1.82, 2.24) is 15.3 Å². The number of nitrogens with one attached hydrogen (secondary N) is 2. The molecule has 0 amide bonds. The van der Waals surface area contributed by atoms with Gasteiger partial charge in [0.2, 0.25) is 0 Å². The summed E-state index contributed by atoms with van der Waals surface area (Å²) in [5.41, 5.74) is -0.0536. The SMILES string of the molecule is CCc1nc(N(CC)CC2CCCNC2)cc(=O)[nH]1. The minimum Gasteiger partial charge on any atom is -0.356 e. The Morgan fingerprint density at radius 3 is 2.95 bits per heavy atom. The van der Waals surface area contributed by atoms with E-state index < -0.39 is 0 Å². The van der Waals surface area contributed by atoms with E-state index >= 15 is 0 Å². The first-order chi connectivity index (χ1) is 9.22. The highest BCUT2D eigenvalue weighted by molar-refractivity contribution is 5.37. The van der Waals surface area contributed by atoms with Gasteiger partial charge in [-0.05, 0) is 38.8 Å². The molecule has 0 saturated carbocycles. The van der Waals surface area contributed by atoms with E-state index in [4.69, 9.17) is 0 Å². The van der Waals surface area contributed by atoms with Crippen LogP contribution in [0, 0.1) is 5.92 Å². The quantitative estimate of drug-likeness (QED) is 0.838. The van der Waals surface area contributed by atoms with Gasteiger partial charge in [0, 0.05) is 25.6 Å². The molecule has 1 unspecified atom stereocenters. The Kier molecular flexibility index (Phi) is 4.96. The molecule has 1 fully saturated rings. The van der Waals surface area contributed by atoms with Gasteiger partial charge in [0.25, 0.3) is 5.56 Å². The van der Waals surface area contributed by atoms with Crippen molar-refractivity contribution in [2.75, 3.05) is 31.1 Å². The molecule has 0 radical (unpaired) electrons. The molecule has 106 valence electrons. The summed E-state index contributed by atoms with van der Waals surface area (Å²) in [5.74, 6) is 2.23. The van der Waals surface area contributed by atoms with E-state index in [2.05, 4.69) is 27.1 Å². The number of rotatable bonds is 5. The summed E-state index contributed by atoms with van der Waals surface area (Å²) < 4.78 is 0. The fraction of sp³-hybridized carbons (Fsp3) is 0.714. The zero-order valence-electron chi connectivity index (χ0n) is 11.9. The van der Waals surface area contributed by atoms with Gasteiger partial charge in [-0.2, -0.15) is 0 Å². The van der Waals surface area contributed by atoms with Crippen LogP contribution in [0.25, 0.3) is 0 Å². The van der Waals surface area contributed by atoms with Gasteiger partial charge >= 0.3 is 0 Å². The van der Waals surface area contributed by atoms with Crippen LogP contribution in [0.4, 0.5) is 5.82 Å². The van der Waals surface area contributed by atoms with E-state index in [1.54, 1.807) is 6.07 Å². The molecule has 1 aromatic rings. The number of anilines is 1. The Morgan fingerprint density at radius 2 is 2.32 bits per heavy atom. The molecular formula is C14H24N4O. The molecule has 0 aliphatic carbocycles. The summed E-state index contributed by atoms with van der Waals surface area (Å²) in [6.07, 6.45) is 3.25. The summed E-state index contributed by atoms with van der Waals surface area (Å²) >= 11 is 0. The van der Waals surface area contributed by atoms with Crippen molar-refractivity contribution in [3.8, 4) is 0 Å². The summed E-state index contributed by atoms with van der Waals surface area (Å²) in [7, 11) is 0. The molecule has 2 heterocycles. The van der Waals surface area contributed by atoms with E-state index in [0.29, 0.717) is 5.92 Å². The Balaban J connectivity index is 2.11. The smallest absolute Gasteiger partial charge is 0.252 e. The number of hydrogen-bond donors (Lipinski definition) is 2. The molecule has 1 aliphatic rings. The van der Waals surface area contributed by atoms with Gasteiger partial charge in [-0.3, -0.25) is 4.79 Å². The lowest BCUT2D eigenvalue weighted by molar-refractivity contribution is 0.377. The van der Waals surface area contributed by atoms with Crippen LogP contribution in [0.2, 0.25) is 0 Å². The highest BCUT2D eigenvalue weighted by Crippen LogP contribution is 2.16. The van der Waals surface area contributed by atoms with Crippen molar-refractivity contribution in [3.05, 3.63) is 22.2 Å². The lowest BCUT2D eigenvalue weighted by atomic mass is 9.99. The van der Waals surface area contributed by atoms with Gasteiger partial charge in [-0.15, -0.1) is 0 Å². The summed E-state index contributed by atoms with van der Waals surface area (Å²) in [5, 5.41) is 3.43. The lowest BCUT2D eigenvalue weighted by Crippen LogP contribution is -2.39. The van der Waals surface area contributed by atoms with Crippen molar-refractivity contribution in [3.63, 3.8) is 0 Å². The number of hydrogen-bond acceptors (Lipinski definition) is 4. The molecule has 1 aliphatic heterocycles. The molecule has 5 nitrogen and oxygen atoms in total. The molecule has 2 rings (SSSR count). The third kappa shape index (κ3) is 3.80. The third-order valence-electron chi connectivity index (χ3n) is 3.70. The van der Waals surface area contributed by atoms with Crippen molar-refractivity contribution < 1.29 is 0 Å². The monoisotopic (exact) mass is 264 g/mol. The summed E-state index contributed by atoms with van der Waals surface area (Å²) in [6.45, 7) is 8.18. The second-order valence-electron chi connectivity index (χ2n) is 5.15. The van der Waals surface area contributed by atoms with Crippen molar-refractivity contribution >= 4 is 5.82 Å². The van der Waals surface area contributed by atoms with Crippen LogP contribution in [-0.4, -0.2) is 36.1 Å². The average Bonchev–Trinajstić information content (AvgIpc) is 2.45. The Hall–Kier alpha value is -1.36. The Labute approximate surface area is 114 Å². The maximum Gasteiger partial charge on any atom is 0.252 e. The van der Waals surface area contributed by atoms with E-state index in [-0.39, 0.29) is 5.56 Å². The second-order valence-corrected chi connectivity index (χ2v) is 5.15. The molecule has 0 bridgehead atoms. The zero-order chi connectivity index (χ0) is 13.7. The largest absolute Gasteiger partial charge is 0.356 e. The molecule has 19 heavy (non-hydrogen) atoms. The topological polar surface area (TPSA) is 61.0 Å². The Morgan fingerprint density at radius 1 is 1.47 bits per heavy atom. The third-order valence-corrected chi connectivity index (χ3v) is 3.70. The first-order valence-electron chi connectivity index (χ1n) is 7.28. The van der Waals surface area contributed by atoms with Crippen molar-refractivity contribution in [1.29, 1.82) is 0 Å². The molecule has 1 saturated heterocycles. The molecule has 0 aromatic carbocycles. The van der Waals surface area contributed by atoms with Crippen LogP contribution in [0.5, 0.6) is 0 Å². The highest BCUT2D eigenvalue weighted by atomic mass is 16.1. The van der Waals surface area contributed by atoms with E-state index in [9.17, 15) is 4.79 Å². The van der Waals surface area contributed by atoms with Crippen LogP contribution in [0.1, 0.15) is 32.5 Å². The molecule has 1 aromatic heterocycles. The first-order valence-corrected chi connectivity index (χ1v) is 7.28. The van der Waals surface area contributed by atoms with Crippen LogP contribution in [0.15, 0.2) is 10.9 Å². The minimum absolute atomic E-state index is 0.0536. The number of piperidine rings is 1. The van der Waals surface area contributed by atoms with Crippen LogP contribution in [0.3, 0.4) is 0 Å². The first kappa shape index (κ1) is 14.1. The predicted octanol–water partition coefficient (Wildman–Crippen LogP) is 1.16. The van der Waals surface area contributed by atoms with E-state index in [0.717, 1.165) is 44.2 Å². The average molecular weight is 264 g/mol. The number of nitrogens with zero attached hydrogens (tertiary/aromatic N) is 2. The lowest BCUT2D eigenvalue weighted by Gasteiger charge is -2.30.